The van der Waals surface area contributed by atoms with Crippen molar-refractivity contribution in [2.45, 2.75) is 39.9 Å². The fraction of sp³-hybridized carbons (Fsp3) is 0.143. The van der Waals surface area contributed by atoms with Crippen molar-refractivity contribution in [3.8, 4) is 39.5 Å². The number of furan rings is 1. The normalized spacial score (nSPS) is 11.5. The maximum absolute atomic E-state index is 5.87. The fourth-order valence-electron chi connectivity index (χ4n) is 7.20. The van der Waals surface area contributed by atoms with Gasteiger partial charge in [0.05, 0.1) is 24.9 Å². The van der Waals surface area contributed by atoms with Crippen LogP contribution in [0.25, 0.3) is 72.2 Å². The molecule has 0 saturated carbocycles. The number of hydrogen-bond acceptors (Lipinski definition) is 3. The molecule has 6 heteroatoms. The Morgan fingerprint density at radius 2 is 1.47 bits per heavy atom. The summed E-state index contributed by atoms with van der Waals surface area (Å²) in [7, 11) is -1.34. The van der Waals surface area contributed by atoms with E-state index in [0.29, 0.717) is 5.92 Å². The van der Waals surface area contributed by atoms with Gasteiger partial charge in [-0.1, -0.05) is 147 Å². The number of nitrogens with zero attached hydrogens (tertiary/aromatic N) is 3. The first-order valence-corrected chi connectivity index (χ1v) is 22.2. The molecule has 0 aliphatic rings. The van der Waals surface area contributed by atoms with Crippen LogP contribution in [0.5, 0.6) is 0 Å². The number of rotatable bonds is 7. The van der Waals surface area contributed by atoms with E-state index in [-0.39, 0.29) is 20.1 Å². The Hall–Kier alpha value is -5.39. The molecule has 0 atom stereocenters. The van der Waals surface area contributed by atoms with Crippen LogP contribution in [0.1, 0.15) is 19.4 Å². The standard InChI is InChI=1S/C31H19N2O.C18H24NSi.Ir/c1-2-8-21(9-3-1)24-15-17-30-26(19-24)27(20-34-30)31-32-28-12-6-7-13-29(28)33(31)25-16-14-22-10-4-5-11-23(22)18-25;1-14(2)11-16-12-17(15-9-7-6-8-10-15)19-13-18(16)20(3,4)5;/h1-19H;6-9,12-14H,11H2,1-5H3;/q2*-1;. The number of pyridine rings is 1. The minimum Gasteiger partial charge on any atom is -0.557 e. The van der Waals surface area contributed by atoms with Gasteiger partial charge in [-0.05, 0) is 69.4 Å². The van der Waals surface area contributed by atoms with E-state index in [0.717, 1.165) is 62.3 Å². The van der Waals surface area contributed by atoms with Crippen LogP contribution < -0.4 is 5.19 Å². The number of imidazole rings is 1. The molecule has 0 fully saturated rings. The maximum atomic E-state index is 5.87. The van der Waals surface area contributed by atoms with Crippen LogP contribution >= 0.6 is 0 Å². The van der Waals surface area contributed by atoms with Gasteiger partial charge >= 0.3 is 0 Å². The summed E-state index contributed by atoms with van der Waals surface area (Å²) < 4.78 is 8.08. The Morgan fingerprint density at radius 3 is 2.24 bits per heavy atom. The van der Waals surface area contributed by atoms with Gasteiger partial charge < -0.3 is 14.0 Å². The second kappa shape index (κ2) is 16.1. The molecule has 6 aromatic carbocycles. The van der Waals surface area contributed by atoms with Crippen molar-refractivity contribution in [2.24, 2.45) is 5.92 Å². The van der Waals surface area contributed by atoms with Crippen LogP contribution in [0.3, 0.4) is 0 Å². The second-order valence-electron chi connectivity index (χ2n) is 15.3. The molecule has 0 bridgehead atoms. The third-order valence-corrected chi connectivity index (χ3v) is 11.9. The molecule has 275 valence electrons. The van der Waals surface area contributed by atoms with Crippen LogP contribution in [0.2, 0.25) is 19.6 Å². The van der Waals surface area contributed by atoms with E-state index in [9.17, 15) is 0 Å². The van der Waals surface area contributed by atoms with Crippen molar-refractivity contribution in [3.05, 3.63) is 170 Å². The average Bonchev–Trinajstić information content (AvgIpc) is 3.79. The molecule has 4 nitrogen and oxygen atoms in total. The molecule has 1 radical (unpaired) electrons. The first-order chi connectivity index (χ1) is 26.2. The molecule has 0 unspecified atom stereocenters. The summed E-state index contributed by atoms with van der Waals surface area (Å²) in [6, 6.07) is 53.4. The molecule has 3 heterocycles. The first kappa shape index (κ1) is 37.9. The quantitative estimate of drug-likeness (QED) is 0.118. The molecular formula is C49H43IrN3OSi-2. The Balaban J connectivity index is 0.000000191. The van der Waals surface area contributed by atoms with Gasteiger partial charge in [0.25, 0.3) is 0 Å². The third-order valence-electron chi connectivity index (χ3n) is 9.81. The molecule has 0 N–H and O–H groups in total. The van der Waals surface area contributed by atoms with E-state index in [2.05, 4.69) is 165 Å². The monoisotopic (exact) mass is 910 g/mol. The van der Waals surface area contributed by atoms with Crippen LogP contribution in [-0.2, 0) is 26.5 Å². The van der Waals surface area contributed by atoms with Crippen LogP contribution in [-0.4, -0.2) is 22.6 Å². The van der Waals surface area contributed by atoms with E-state index in [1.807, 2.05) is 42.5 Å². The van der Waals surface area contributed by atoms with E-state index in [4.69, 9.17) is 9.40 Å². The number of hydrogen-bond donors (Lipinski definition) is 0. The molecule has 0 spiro atoms. The number of fused-ring (bicyclic) bond motifs is 3. The summed E-state index contributed by atoms with van der Waals surface area (Å²) >= 11 is 0. The predicted octanol–water partition coefficient (Wildman–Crippen LogP) is 12.3. The van der Waals surface area contributed by atoms with E-state index in [1.54, 1.807) is 0 Å². The zero-order chi connectivity index (χ0) is 37.2. The molecule has 0 aliphatic carbocycles. The van der Waals surface area contributed by atoms with Gasteiger partial charge in [-0.2, -0.15) is 0 Å². The summed E-state index contributed by atoms with van der Waals surface area (Å²) in [6.07, 6.45) is 6.40. The van der Waals surface area contributed by atoms with Crippen molar-refractivity contribution < 1.29 is 24.5 Å². The van der Waals surface area contributed by atoms with Gasteiger partial charge in [0, 0.05) is 43.8 Å². The molecule has 0 amide bonds. The summed E-state index contributed by atoms with van der Waals surface area (Å²) in [5.41, 5.74) is 10.6. The topological polar surface area (TPSA) is 43.9 Å². The SMILES string of the molecule is CC(C)Cc1cc(-c2[c-]cccc2)ncc1[Si](C)(C)C.[Ir].[c-]1oc2ccc(-c3ccccc3)cc2c1-c1nc2ccccc2n1-c1ccc2ccccc2c1. The van der Waals surface area contributed by atoms with Crippen molar-refractivity contribution in [1.29, 1.82) is 0 Å². The van der Waals surface area contributed by atoms with Gasteiger partial charge in [-0.3, -0.25) is 4.98 Å². The Labute approximate surface area is 338 Å². The van der Waals surface area contributed by atoms with Gasteiger partial charge in [-0.15, -0.1) is 35.9 Å². The van der Waals surface area contributed by atoms with E-state index >= 15 is 0 Å². The van der Waals surface area contributed by atoms with Gasteiger partial charge in [0.2, 0.25) is 0 Å². The zero-order valence-electron chi connectivity index (χ0n) is 31.8. The second-order valence-corrected chi connectivity index (χ2v) is 20.3. The molecule has 0 aliphatic heterocycles. The summed E-state index contributed by atoms with van der Waals surface area (Å²) in [5.74, 6) is 1.49. The molecular weight excluding hydrogens is 867 g/mol. The third kappa shape index (κ3) is 8.04. The van der Waals surface area contributed by atoms with Gasteiger partial charge in [0.1, 0.15) is 0 Å². The zero-order valence-corrected chi connectivity index (χ0v) is 35.2. The van der Waals surface area contributed by atoms with Crippen molar-refractivity contribution in [3.63, 3.8) is 0 Å². The predicted molar refractivity (Wildman–Crippen MR) is 228 cm³/mol. The van der Waals surface area contributed by atoms with Gasteiger partial charge in [-0.25, -0.2) is 0 Å². The fourth-order valence-corrected chi connectivity index (χ4v) is 8.79. The molecule has 9 rings (SSSR count). The largest absolute Gasteiger partial charge is 0.557 e. The van der Waals surface area contributed by atoms with Crippen LogP contribution in [0.15, 0.2) is 156 Å². The number of aromatic nitrogens is 3. The minimum absolute atomic E-state index is 0. The summed E-state index contributed by atoms with van der Waals surface area (Å²) in [6.45, 7) is 11.7. The Morgan fingerprint density at radius 1 is 0.727 bits per heavy atom. The summed E-state index contributed by atoms with van der Waals surface area (Å²) in [5, 5.41) is 4.89. The smallest absolute Gasteiger partial charge is 0.0798 e. The van der Waals surface area contributed by atoms with Crippen molar-refractivity contribution in [1.82, 2.24) is 14.5 Å². The van der Waals surface area contributed by atoms with E-state index in [1.165, 1.54) is 27.1 Å². The van der Waals surface area contributed by atoms with Crippen LogP contribution in [0.4, 0.5) is 0 Å². The number of benzene rings is 6. The van der Waals surface area contributed by atoms with Crippen molar-refractivity contribution in [2.75, 3.05) is 0 Å². The Kier molecular flexibility index (Phi) is 11.1. The molecule has 55 heavy (non-hydrogen) atoms. The summed E-state index contributed by atoms with van der Waals surface area (Å²) in [4.78, 5) is 9.72. The average molecular weight is 910 g/mol. The minimum atomic E-state index is -1.34. The molecule has 0 saturated heterocycles. The van der Waals surface area contributed by atoms with Crippen molar-refractivity contribution >= 4 is 46.0 Å². The molecule has 9 aromatic rings. The maximum Gasteiger partial charge on any atom is 0.0798 e. The number of para-hydroxylation sites is 2. The van der Waals surface area contributed by atoms with E-state index < -0.39 is 8.07 Å². The van der Waals surface area contributed by atoms with Crippen LogP contribution in [0, 0.1) is 18.2 Å². The van der Waals surface area contributed by atoms with Gasteiger partial charge in [0.15, 0.2) is 0 Å². The first-order valence-electron chi connectivity index (χ1n) is 18.7. The molecule has 3 aromatic heterocycles. The Bertz CT molecular complexity index is 2710.